The second-order valence-corrected chi connectivity index (χ2v) is 6.34. The van der Waals surface area contributed by atoms with Gasteiger partial charge in [0.15, 0.2) is 5.82 Å². The molecule has 0 unspecified atom stereocenters. The molecule has 0 atom stereocenters. The van der Waals surface area contributed by atoms with Crippen molar-refractivity contribution in [1.82, 2.24) is 13.9 Å². The van der Waals surface area contributed by atoms with Crippen LogP contribution < -0.4 is 0 Å². The predicted octanol–water partition coefficient (Wildman–Crippen LogP) is 2.15. The van der Waals surface area contributed by atoms with Crippen molar-refractivity contribution in [2.45, 2.75) is 6.92 Å². The monoisotopic (exact) mass is 275 g/mol. The van der Waals surface area contributed by atoms with Gasteiger partial charge >= 0.3 is 0 Å². The first-order chi connectivity index (χ1) is 8.98. The zero-order valence-electron chi connectivity index (χ0n) is 10.6. The molecule has 0 aliphatic heterocycles. The average Bonchev–Trinajstić information content (AvgIpc) is 2.90. The van der Waals surface area contributed by atoms with Crippen LogP contribution in [0.5, 0.6) is 0 Å². The highest BCUT2D eigenvalue weighted by Crippen LogP contribution is 2.31. The SMILES string of the molecule is Cc1[nH]c2ccccc2c1-c1nccn1S(C)(=O)=O. The van der Waals surface area contributed by atoms with Gasteiger partial charge in [-0.1, -0.05) is 18.2 Å². The summed E-state index contributed by atoms with van der Waals surface area (Å²) in [6, 6.07) is 7.77. The number of aromatic amines is 1. The van der Waals surface area contributed by atoms with Gasteiger partial charge in [-0.25, -0.2) is 17.4 Å². The summed E-state index contributed by atoms with van der Waals surface area (Å²) in [4.78, 5) is 7.45. The Morgan fingerprint density at radius 2 is 2.00 bits per heavy atom. The third-order valence-corrected chi connectivity index (χ3v) is 4.09. The molecule has 0 bridgehead atoms. The Morgan fingerprint density at radius 3 is 2.74 bits per heavy atom. The van der Waals surface area contributed by atoms with Crippen LogP contribution in [-0.2, 0) is 10.0 Å². The van der Waals surface area contributed by atoms with Gasteiger partial charge in [-0.05, 0) is 13.0 Å². The molecule has 0 amide bonds. The van der Waals surface area contributed by atoms with E-state index in [0.29, 0.717) is 5.82 Å². The second kappa shape index (κ2) is 3.96. The summed E-state index contributed by atoms with van der Waals surface area (Å²) in [5.74, 6) is 0.442. The topological polar surface area (TPSA) is 67.8 Å². The maximum absolute atomic E-state index is 11.8. The van der Waals surface area contributed by atoms with Crippen LogP contribution in [0.1, 0.15) is 5.69 Å². The molecule has 1 aromatic carbocycles. The molecule has 0 saturated heterocycles. The van der Waals surface area contributed by atoms with E-state index in [-0.39, 0.29) is 0 Å². The third-order valence-electron chi connectivity index (χ3n) is 3.08. The van der Waals surface area contributed by atoms with Gasteiger partial charge in [-0.15, -0.1) is 0 Å². The Balaban J connectivity index is 2.38. The lowest BCUT2D eigenvalue weighted by Crippen LogP contribution is -2.10. The van der Waals surface area contributed by atoms with Crippen LogP contribution in [0.4, 0.5) is 0 Å². The van der Waals surface area contributed by atoms with Crippen LogP contribution in [-0.4, -0.2) is 28.6 Å². The summed E-state index contributed by atoms with van der Waals surface area (Å²) in [5.41, 5.74) is 2.70. The molecule has 0 spiro atoms. The fraction of sp³-hybridized carbons (Fsp3) is 0.154. The van der Waals surface area contributed by atoms with Gasteiger partial charge < -0.3 is 4.98 Å². The van der Waals surface area contributed by atoms with Crippen molar-refractivity contribution in [3.63, 3.8) is 0 Å². The Labute approximate surface area is 111 Å². The van der Waals surface area contributed by atoms with E-state index in [1.165, 1.54) is 22.6 Å². The van der Waals surface area contributed by atoms with E-state index < -0.39 is 10.0 Å². The number of hydrogen-bond acceptors (Lipinski definition) is 3. The third kappa shape index (κ3) is 1.84. The van der Waals surface area contributed by atoms with E-state index in [0.717, 1.165) is 22.2 Å². The van der Waals surface area contributed by atoms with Crippen LogP contribution in [0.3, 0.4) is 0 Å². The zero-order chi connectivity index (χ0) is 13.6. The lowest BCUT2D eigenvalue weighted by molar-refractivity contribution is 0.594. The van der Waals surface area contributed by atoms with Crippen molar-refractivity contribution in [2.75, 3.05) is 6.26 Å². The molecule has 2 aromatic heterocycles. The maximum atomic E-state index is 11.8. The first kappa shape index (κ1) is 12.0. The summed E-state index contributed by atoms with van der Waals surface area (Å²) in [7, 11) is -3.36. The minimum Gasteiger partial charge on any atom is -0.358 e. The number of fused-ring (bicyclic) bond motifs is 1. The molecular weight excluding hydrogens is 262 g/mol. The number of hydrogen-bond donors (Lipinski definition) is 1. The molecule has 0 radical (unpaired) electrons. The molecule has 3 rings (SSSR count). The van der Waals surface area contributed by atoms with Crippen molar-refractivity contribution in [2.24, 2.45) is 0 Å². The predicted molar refractivity (Wildman–Crippen MR) is 74.5 cm³/mol. The lowest BCUT2D eigenvalue weighted by Gasteiger charge is -2.05. The van der Waals surface area contributed by atoms with E-state index in [2.05, 4.69) is 9.97 Å². The molecule has 0 fully saturated rings. The molecule has 0 aliphatic rings. The number of aromatic nitrogens is 3. The number of H-pyrrole nitrogens is 1. The van der Waals surface area contributed by atoms with E-state index in [1.54, 1.807) is 0 Å². The van der Waals surface area contributed by atoms with Crippen molar-refractivity contribution in [3.8, 4) is 11.4 Å². The minimum atomic E-state index is -3.36. The highest BCUT2D eigenvalue weighted by atomic mass is 32.2. The quantitative estimate of drug-likeness (QED) is 0.779. The molecule has 0 aliphatic carbocycles. The van der Waals surface area contributed by atoms with Gasteiger partial charge in [-0.2, -0.15) is 0 Å². The first-order valence-corrected chi connectivity index (χ1v) is 7.65. The number of nitrogens with zero attached hydrogens (tertiary/aromatic N) is 2. The van der Waals surface area contributed by atoms with Crippen LogP contribution in [0.15, 0.2) is 36.7 Å². The Kier molecular flexibility index (Phi) is 2.50. The van der Waals surface area contributed by atoms with E-state index in [1.807, 2.05) is 31.2 Å². The summed E-state index contributed by atoms with van der Waals surface area (Å²) in [6.45, 7) is 1.91. The standard InChI is InChI=1S/C13H13N3O2S/c1-9-12(10-5-3-4-6-11(10)15-9)13-14-7-8-16(13)19(2,17)18/h3-8,15H,1-2H3. The highest BCUT2D eigenvalue weighted by Gasteiger charge is 2.18. The first-order valence-electron chi connectivity index (χ1n) is 5.80. The molecule has 6 heteroatoms. The number of aryl methyl sites for hydroxylation is 1. The minimum absolute atomic E-state index is 0.442. The van der Waals surface area contributed by atoms with Crippen molar-refractivity contribution in [1.29, 1.82) is 0 Å². The second-order valence-electron chi connectivity index (χ2n) is 4.48. The van der Waals surface area contributed by atoms with Crippen LogP contribution in [0.25, 0.3) is 22.3 Å². The fourth-order valence-electron chi connectivity index (χ4n) is 2.30. The van der Waals surface area contributed by atoms with Crippen molar-refractivity contribution < 1.29 is 8.42 Å². The van der Waals surface area contributed by atoms with Crippen molar-refractivity contribution in [3.05, 3.63) is 42.4 Å². The Morgan fingerprint density at radius 1 is 1.26 bits per heavy atom. The van der Waals surface area contributed by atoms with Crippen LogP contribution in [0, 0.1) is 6.92 Å². The molecule has 1 N–H and O–H groups in total. The number of rotatable bonds is 2. The Bertz CT molecular complexity index is 859. The number of benzene rings is 1. The molecule has 5 nitrogen and oxygen atoms in total. The van der Waals surface area contributed by atoms with E-state index in [9.17, 15) is 8.42 Å². The van der Waals surface area contributed by atoms with Gasteiger partial charge in [0.1, 0.15) is 0 Å². The summed E-state index contributed by atoms with van der Waals surface area (Å²) in [6.07, 6.45) is 4.13. The zero-order valence-corrected chi connectivity index (χ0v) is 11.4. The van der Waals surface area contributed by atoms with E-state index >= 15 is 0 Å². The normalized spacial score (nSPS) is 12.1. The lowest BCUT2D eigenvalue weighted by atomic mass is 10.1. The van der Waals surface area contributed by atoms with Gasteiger partial charge in [-0.3, -0.25) is 0 Å². The number of imidazole rings is 1. The maximum Gasteiger partial charge on any atom is 0.237 e. The molecule has 19 heavy (non-hydrogen) atoms. The molecule has 3 aromatic rings. The Hall–Kier alpha value is -2.08. The fourth-order valence-corrected chi connectivity index (χ4v) is 3.03. The van der Waals surface area contributed by atoms with Gasteiger partial charge in [0.2, 0.25) is 10.0 Å². The number of nitrogens with one attached hydrogen (secondary N) is 1. The summed E-state index contributed by atoms with van der Waals surface area (Å²) >= 11 is 0. The largest absolute Gasteiger partial charge is 0.358 e. The molecule has 0 saturated carbocycles. The number of para-hydroxylation sites is 1. The molecule has 98 valence electrons. The summed E-state index contributed by atoms with van der Waals surface area (Å²) < 4.78 is 24.7. The summed E-state index contributed by atoms with van der Waals surface area (Å²) in [5, 5.41) is 0.969. The smallest absolute Gasteiger partial charge is 0.237 e. The van der Waals surface area contributed by atoms with Gasteiger partial charge in [0.25, 0.3) is 0 Å². The highest BCUT2D eigenvalue weighted by molar-refractivity contribution is 7.89. The van der Waals surface area contributed by atoms with Crippen LogP contribution in [0.2, 0.25) is 0 Å². The van der Waals surface area contributed by atoms with Gasteiger partial charge in [0, 0.05) is 34.6 Å². The van der Waals surface area contributed by atoms with Gasteiger partial charge in [0.05, 0.1) is 6.26 Å². The van der Waals surface area contributed by atoms with Crippen LogP contribution >= 0.6 is 0 Å². The van der Waals surface area contributed by atoms with E-state index in [4.69, 9.17) is 0 Å². The molecule has 2 heterocycles. The van der Waals surface area contributed by atoms with Crippen molar-refractivity contribution >= 4 is 20.9 Å². The molecular formula is C13H13N3O2S. The average molecular weight is 275 g/mol.